The van der Waals surface area contributed by atoms with Crippen LogP contribution in [0.15, 0.2) is 17.4 Å². The molecule has 110 valence electrons. The van der Waals surface area contributed by atoms with E-state index in [0.29, 0.717) is 6.04 Å². The van der Waals surface area contributed by atoms with E-state index in [1.165, 1.54) is 5.56 Å². The summed E-state index contributed by atoms with van der Waals surface area (Å²) in [6.07, 6.45) is 4.99. The Morgan fingerprint density at radius 3 is 2.74 bits per heavy atom. The van der Waals surface area contributed by atoms with Crippen molar-refractivity contribution in [1.82, 2.24) is 20.4 Å². The van der Waals surface area contributed by atoms with Gasteiger partial charge < -0.3 is 10.6 Å². The Labute approximate surface area is 133 Å². The monoisotopic (exact) mass is 379 g/mol. The molecule has 0 aliphatic rings. The maximum absolute atomic E-state index is 4.54. The maximum atomic E-state index is 4.54. The molecule has 0 spiro atoms. The summed E-state index contributed by atoms with van der Waals surface area (Å²) in [5.41, 5.74) is 1.18. The highest BCUT2D eigenvalue weighted by Gasteiger charge is 2.01. The number of nitrogens with zero attached hydrogens (tertiary/aromatic N) is 3. The summed E-state index contributed by atoms with van der Waals surface area (Å²) in [5, 5.41) is 10.9. The Bertz CT molecular complexity index is 375. The Hall–Kier alpha value is -0.790. The second-order valence-electron chi connectivity index (χ2n) is 4.50. The van der Waals surface area contributed by atoms with Crippen LogP contribution in [0.25, 0.3) is 0 Å². The molecule has 0 fully saturated rings. The number of guanidine groups is 1. The summed E-state index contributed by atoms with van der Waals surface area (Å²) in [4.78, 5) is 4.54. The van der Waals surface area contributed by atoms with E-state index in [0.717, 1.165) is 32.0 Å². The van der Waals surface area contributed by atoms with Crippen LogP contribution >= 0.6 is 24.0 Å². The number of hydrogen-bond acceptors (Lipinski definition) is 2. The van der Waals surface area contributed by atoms with Crippen molar-refractivity contribution >= 4 is 29.9 Å². The van der Waals surface area contributed by atoms with E-state index in [4.69, 9.17) is 0 Å². The lowest BCUT2D eigenvalue weighted by molar-refractivity contribution is 0.605. The molecule has 1 atom stereocenters. The summed E-state index contributed by atoms with van der Waals surface area (Å²) in [5.74, 6) is 0.885. The largest absolute Gasteiger partial charge is 0.357 e. The number of aryl methyl sites for hydroxylation is 1. The third-order valence-corrected chi connectivity index (χ3v) is 2.70. The molecule has 0 radical (unpaired) electrons. The van der Waals surface area contributed by atoms with Gasteiger partial charge in [-0.2, -0.15) is 5.10 Å². The molecule has 1 aromatic heterocycles. The van der Waals surface area contributed by atoms with Gasteiger partial charge in [0.15, 0.2) is 5.96 Å². The lowest BCUT2D eigenvalue weighted by Crippen LogP contribution is -2.42. The summed E-state index contributed by atoms with van der Waals surface area (Å²) < 4.78 is 1.92. The molecule has 0 bridgehead atoms. The number of hydrogen-bond donors (Lipinski definition) is 2. The first-order valence-electron chi connectivity index (χ1n) is 6.69. The standard InChI is InChI=1S/C13H25N5.HI/c1-5-12(4)17-13(14-6-2)15-7-8-18-10-11(3)9-16-18;/h9-10,12H,5-8H2,1-4H3,(H2,14,15,17);1H. The minimum absolute atomic E-state index is 0. The topological polar surface area (TPSA) is 54.2 Å². The lowest BCUT2D eigenvalue weighted by atomic mass is 10.3. The zero-order valence-corrected chi connectivity index (χ0v) is 14.6. The SMILES string of the molecule is CCNC(=NCCn1cc(C)cn1)NC(C)CC.I. The van der Waals surface area contributed by atoms with Crippen LogP contribution in [-0.4, -0.2) is 34.9 Å². The predicted octanol–water partition coefficient (Wildman–Crippen LogP) is 2.16. The van der Waals surface area contributed by atoms with E-state index in [1.807, 2.05) is 24.0 Å². The van der Waals surface area contributed by atoms with Crippen LogP contribution in [0.1, 0.15) is 32.8 Å². The molecule has 1 aromatic rings. The first kappa shape index (κ1) is 18.2. The van der Waals surface area contributed by atoms with Gasteiger partial charge in [-0.1, -0.05) is 6.92 Å². The maximum Gasteiger partial charge on any atom is 0.191 e. The zero-order valence-electron chi connectivity index (χ0n) is 12.3. The minimum Gasteiger partial charge on any atom is -0.357 e. The third kappa shape index (κ3) is 7.39. The number of halogens is 1. The molecule has 19 heavy (non-hydrogen) atoms. The van der Waals surface area contributed by atoms with E-state index in [9.17, 15) is 0 Å². The highest BCUT2D eigenvalue weighted by Crippen LogP contribution is 1.94. The van der Waals surface area contributed by atoms with E-state index in [1.54, 1.807) is 0 Å². The van der Waals surface area contributed by atoms with Gasteiger partial charge in [-0.25, -0.2) is 0 Å². The van der Waals surface area contributed by atoms with Crippen molar-refractivity contribution in [1.29, 1.82) is 0 Å². The highest BCUT2D eigenvalue weighted by atomic mass is 127. The van der Waals surface area contributed by atoms with Crippen molar-refractivity contribution in [3.05, 3.63) is 18.0 Å². The fourth-order valence-corrected chi connectivity index (χ4v) is 1.51. The first-order valence-corrected chi connectivity index (χ1v) is 6.69. The van der Waals surface area contributed by atoms with Gasteiger partial charge in [0.2, 0.25) is 0 Å². The van der Waals surface area contributed by atoms with Crippen LogP contribution in [0.3, 0.4) is 0 Å². The molecular weight excluding hydrogens is 353 g/mol. The van der Waals surface area contributed by atoms with Crippen LogP contribution in [0, 0.1) is 6.92 Å². The fraction of sp³-hybridized carbons (Fsp3) is 0.692. The van der Waals surface area contributed by atoms with Crippen molar-refractivity contribution in [2.45, 2.75) is 46.7 Å². The van der Waals surface area contributed by atoms with E-state index in [2.05, 4.69) is 41.5 Å². The number of nitrogens with one attached hydrogen (secondary N) is 2. The van der Waals surface area contributed by atoms with Crippen LogP contribution in [0.2, 0.25) is 0 Å². The molecule has 0 saturated carbocycles. The molecule has 2 N–H and O–H groups in total. The van der Waals surface area contributed by atoms with Gasteiger partial charge in [0.05, 0.1) is 19.3 Å². The van der Waals surface area contributed by atoms with Crippen LogP contribution < -0.4 is 10.6 Å². The van der Waals surface area contributed by atoms with Gasteiger partial charge >= 0.3 is 0 Å². The van der Waals surface area contributed by atoms with E-state index in [-0.39, 0.29) is 24.0 Å². The summed E-state index contributed by atoms with van der Waals surface area (Å²) in [6, 6.07) is 0.440. The zero-order chi connectivity index (χ0) is 13.4. The molecule has 6 heteroatoms. The van der Waals surface area contributed by atoms with Gasteiger partial charge in [-0.05, 0) is 32.8 Å². The smallest absolute Gasteiger partial charge is 0.191 e. The normalized spacial score (nSPS) is 12.7. The quantitative estimate of drug-likeness (QED) is 0.453. The van der Waals surface area contributed by atoms with Crippen LogP contribution in [0.5, 0.6) is 0 Å². The number of aliphatic imine (C=N–C) groups is 1. The number of rotatable bonds is 6. The van der Waals surface area contributed by atoms with Crippen molar-refractivity contribution in [2.24, 2.45) is 4.99 Å². The van der Waals surface area contributed by atoms with E-state index >= 15 is 0 Å². The molecule has 1 rings (SSSR count). The van der Waals surface area contributed by atoms with Crippen LogP contribution in [0.4, 0.5) is 0 Å². The van der Waals surface area contributed by atoms with E-state index < -0.39 is 0 Å². The van der Waals surface area contributed by atoms with Crippen LogP contribution in [-0.2, 0) is 6.54 Å². The third-order valence-electron chi connectivity index (χ3n) is 2.70. The fourth-order valence-electron chi connectivity index (χ4n) is 1.51. The molecule has 1 heterocycles. The highest BCUT2D eigenvalue weighted by molar-refractivity contribution is 14.0. The molecule has 5 nitrogen and oxygen atoms in total. The van der Waals surface area contributed by atoms with Gasteiger partial charge in [0.25, 0.3) is 0 Å². The Morgan fingerprint density at radius 2 is 2.21 bits per heavy atom. The second kappa shape index (κ2) is 10.1. The summed E-state index contributed by atoms with van der Waals surface area (Å²) >= 11 is 0. The molecule has 0 aromatic carbocycles. The lowest BCUT2D eigenvalue weighted by Gasteiger charge is -2.16. The van der Waals surface area contributed by atoms with Gasteiger partial charge in [-0.3, -0.25) is 9.67 Å². The predicted molar refractivity (Wildman–Crippen MR) is 91.2 cm³/mol. The molecule has 0 aliphatic heterocycles. The average molecular weight is 379 g/mol. The average Bonchev–Trinajstić information content (AvgIpc) is 2.75. The number of aromatic nitrogens is 2. The molecule has 0 aliphatic carbocycles. The molecule has 0 amide bonds. The second-order valence-corrected chi connectivity index (χ2v) is 4.50. The molecular formula is C13H26IN5. The summed E-state index contributed by atoms with van der Waals surface area (Å²) in [6.45, 7) is 10.9. The molecule has 1 unspecified atom stereocenters. The minimum atomic E-state index is 0. The van der Waals surface area contributed by atoms with Crippen molar-refractivity contribution in [3.63, 3.8) is 0 Å². The Morgan fingerprint density at radius 1 is 1.47 bits per heavy atom. The summed E-state index contributed by atoms with van der Waals surface area (Å²) in [7, 11) is 0. The van der Waals surface area contributed by atoms with Gasteiger partial charge in [-0.15, -0.1) is 24.0 Å². The molecule has 0 saturated heterocycles. The van der Waals surface area contributed by atoms with Gasteiger partial charge in [0.1, 0.15) is 0 Å². The first-order chi connectivity index (χ1) is 8.65. The van der Waals surface area contributed by atoms with Gasteiger partial charge in [0, 0.05) is 18.8 Å². The van der Waals surface area contributed by atoms with Crippen molar-refractivity contribution < 1.29 is 0 Å². The Kier molecular flexibility index (Phi) is 9.63. The Balaban J connectivity index is 0.00000324. The van der Waals surface area contributed by atoms with Crippen molar-refractivity contribution in [2.75, 3.05) is 13.1 Å². The van der Waals surface area contributed by atoms with Crippen molar-refractivity contribution in [3.8, 4) is 0 Å².